The second kappa shape index (κ2) is 5.84. The molecule has 1 aliphatic carbocycles. The number of allylic oxidation sites excluding steroid dienone is 2. The van der Waals surface area contributed by atoms with E-state index < -0.39 is 0 Å². The van der Waals surface area contributed by atoms with Crippen LogP contribution in [0.5, 0.6) is 0 Å². The van der Waals surface area contributed by atoms with Gasteiger partial charge in [0, 0.05) is 23.7 Å². The molecule has 1 aromatic carbocycles. The van der Waals surface area contributed by atoms with Gasteiger partial charge in [0.25, 0.3) is 0 Å². The van der Waals surface area contributed by atoms with Gasteiger partial charge in [-0.1, -0.05) is 18.2 Å². The Balaban J connectivity index is 1.71. The lowest BCUT2D eigenvalue weighted by atomic mass is 9.80. The molecule has 0 saturated carbocycles. The average molecular weight is 358 g/mol. The van der Waals surface area contributed by atoms with Crippen molar-refractivity contribution in [3.05, 3.63) is 87.6 Å². The van der Waals surface area contributed by atoms with E-state index in [2.05, 4.69) is 22.4 Å². The minimum atomic E-state index is -0.0401. The molecular formula is C22H18N2O3. The van der Waals surface area contributed by atoms with Crippen molar-refractivity contribution in [3.8, 4) is 0 Å². The van der Waals surface area contributed by atoms with Crippen LogP contribution in [0.1, 0.15) is 22.6 Å². The largest absolute Gasteiger partial charge is 0.499 e. The molecule has 1 N–H and O–H groups in total. The van der Waals surface area contributed by atoms with Crippen molar-refractivity contribution in [2.24, 2.45) is 0 Å². The van der Waals surface area contributed by atoms with Crippen molar-refractivity contribution >= 4 is 22.4 Å². The average Bonchev–Trinajstić information content (AvgIpc) is 3.06. The number of aryl methyl sites for hydroxylation is 1. The Kier molecular flexibility index (Phi) is 3.44. The van der Waals surface area contributed by atoms with Crippen molar-refractivity contribution in [1.29, 1.82) is 0 Å². The van der Waals surface area contributed by atoms with Gasteiger partial charge in [-0.3, -0.25) is 4.79 Å². The first kappa shape index (κ1) is 15.9. The lowest BCUT2D eigenvalue weighted by molar-refractivity contribution is 0.266. The van der Waals surface area contributed by atoms with Crippen LogP contribution in [0, 0.1) is 6.92 Å². The molecule has 0 amide bonds. The standard InChI is InChI=1S/C22H18N2O3/c1-12-9-16-20-14(4-6-19(26-2)21(20)24-22(16)23-11-12)13-3-5-18-15(10-13)17(25)7-8-27-18/h3-11,20-21H,1-2H3,(H,23,24). The number of methoxy groups -OCH3 is 1. The zero-order valence-electron chi connectivity index (χ0n) is 15.0. The number of aromatic nitrogens is 1. The van der Waals surface area contributed by atoms with E-state index in [0.717, 1.165) is 33.8 Å². The molecular weight excluding hydrogens is 340 g/mol. The first-order valence-electron chi connectivity index (χ1n) is 8.86. The molecule has 0 spiro atoms. The molecule has 5 heteroatoms. The molecule has 2 aromatic heterocycles. The number of nitrogens with one attached hydrogen (secondary N) is 1. The highest BCUT2D eigenvalue weighted by atomic mass is 16.5. The lowest BCUT2D eigenvalue weighted by Gasteiger charge is -2.28. The highest BCUT2D eigenvalue weighted by molar-refractivity contribution is 5.86. The molecule has 134 valence electrons. The summed E-state index contributed by atoms with van der Waals surface area (Å²) in [7, 11) is 1.69. The number of hydrogen-bond acceptors (Lipinski definition) is 5. The lowest BCUT2D eigenvalue weighted by Crippen LogP contribution is -2.27. The number of benzene rings is 1. The van der Waals surface area contributed by atoms with E-state index in [1.165, 1.54) is 12.3 Å². The normalized spacial score (nSPS) is 20.4. The van der Waals surface area contributed by atoms with Gasteiger partial charge in [-0.05, 0) is 41.8 Å². The van der Waals surface area contributed by atoms with Crippen molar-refractivity contribution in [1.82, 2.24) is 4.98 Å². The van der Waals surface area contributed by atoms with Gasteiger partial charge < -0.3 is 14.5 Å². The van der Waals surface area contributed by atoms with Crippen LogP contribution in [0.2, 0.25) is 0 Å². The first-order valence-corrected chi connectivity index (χ1v) is 8.86. The number of pyridine rings is 1. The van der Waals surface area contributed by atoms with Crippen molar-refractivity contribution in [2.75, 3.05) is 12.4 Å². The maximum absolute atomic E-state index is 12.2. The van der Waals surface area contributed by atoms with Gasteiger partial charge in [0.2, 0.25) is 0 Å². The van der Waals surface area contributed by atoms with Gasteiger partial charge in [-0.2, -0.15) is 0 Å². The van der Waals surface area contributed by atoms with Crippen LogP contribution in [0.3, 0.4) is 0 Å². The molecule has 27 heavy (non-hydrogen) atoms. The Bertz CT molecular complexity index is 1190. The minimum Gasteiger partial charge on any atom is -0.499 e. The molecule has 0 saturated heterocycles. The summed E-state index contributed by atoms with van der Waals surface area (Å²) in [5.41, 5.74) is 4.94. The Labute approximate surface area is 156 Å². The maximum atomic E-state index is 12.2. The monoisotopic (exact) mass is 358 g/mol. The Morgan fingerprint density at radius 2 is 2.07 bits per heavy atom. The number of nitrogens with zero attached hydrogens (tertiary/aromatic N) is 1. The molecule has 5 nitrogen and oxygen atoms in total. The molecule has 5 rings (SSSR count). The van der Waals surface area contributed by atoms with Gasteiger partial charge in [-0.25, -0.2) is 4.98 Å². The summed E-state index contributed by atoms with van der Waals surface area (Å²) in [6, 6.07) is 9.38. The van der Waals surface area contributed by atoms with Gasteiger partial charge in [0.15, 0.2) is 5.43 Å². The van der Waals surface area contributed by atoms with E-state index in [1.807, 2.05) is 37.4 Å². The molecule has 2 aliphatic rings. The summed E-state index contributed by atoms with van der Waals surface area (Å²) in [6.07, 6.45) is 7.36. The predicted octanol–water partition coefficient (Wildman–Crippen LogP) is 4.00. The molecule has 2 unspecified atom stereocenters. The number of rotatable bonds is 2. The van der Waals surface area contributed by atoms with E-state index in [9.17, 15) is 4.79 Å². The van der Waals surface area contributed by atoms with Gasteiger partial charge in [-0.15, -0.1) is 0 Å². The maximum Gasteiger partial charge on any atom is 0.192 e. The SMILES string of the molecule is COC1=CC=C(c2ccc3occc(=O)c3c2)C2c3cc(C)cnc3NC12. The highest BCUT2D eigenvalue weighted by Crippen LogP contribution is 2.48. The molecule has 0 fully saturated rings. The third-order valence-electron chi connectivity index (χ3n) is 5.31. The molecule has 2 atom stereocenters. The van der Waals surface area contributed by atoms with Gasteiger partial charge >= 0.3 is 0 Å². The minimum absolute atomic E-state index is 0.0119. The zero-order valence-corrected chi connectivity index (χ0v) is 15.0. The van der Waals surface area contributed by atoms with Crippen LogP contribution >= 0.6 is 0 Å². The number of fused-ring (bicyclic) bond motifs is 4. The van der Waals surface area contributed by atoms with Gasteiger partial charge in [0.1, 0.15) is 17.2 Å². The van der Waals surface area contributed by atoms with Crippen LogP contribution in [-0.2, 0) is 4.74 Å². The van der Waals surface area contributed by atoms with E-state index in [0.29, 0.717) is 11.0 Å². The van der Waals surface area contributed by atoms with E-state index in [4.69, 9.17) is 9.15 Å². The Hall–Kier alpha value is -3.34. The van der Waals surface area contributed by atoms with Crippen molar-refractivity contribution in [3.63, 3.8) is 0 Å². The quantitative estimate of drug-likeness (QED) is 0.750. The number of hydrogen-bond donors (Lipinski definition) is 1. The second-order valence-corrected chi connectivity index (χ2v) is 6.94. The topological polar surface area (TPSA) is 64.4 Å². The fraction of sp³-hybridized carbons (Fsp3) is 0.182. The number of anilines is 1. The fourth-order valence-corrected chi connectivity index (χ4v) is 4.06. The molecule has 0 bridgehead atoms. The van der Waals surface area contributed by atoms with Gasteiger partial charge in [0.05, 0.1) is 24.8 Å². The summed E-state index contributed by atoms with van der Waals surface area (Å²) in [5.74, 6) is 1.83. The summed E-state index contributed by atoms with van der Waals surface area (Å²) >= 11 is 0. The smallest absolute Gasteiger partial charge is 0.192 e. The third kappa shape index (κ3) is 2.39. The Morgan fingerprint density at radius 1 is 1.19 bits per heavy atom. The highest BCUT2D eigenvalue weighted by Gasteiger charge is 2.40. The zero-order chi connectivity index (χ0) is 18.5. The van der Waals surface area contributed by atoms with E-state index in [-0.39, 0.29) is 17.4 Å². The van der Waals surface area contributed by atoms with Crippen LogP contribution in [-0.4, -0.2) is 18.1 Å². The van der Waals surface area contributed by atoms with Crippen LogP contribution in [0.15, 0.2) is 69.9 Å². The second-order valence-electron chi connectivity index (χ2n) is 6.94. The summed E-state index contributed by atoms with van der Waals surface area (Å²) in [6.45, 7) is 2.04. The summed E-state index contributed by atoms with van der Waals surface area (Å²) in [4.78, 5) is 16.8. The first-order chi connectivity index (χ1) is 13.2. The fourth-order valence-electron chi connectivity index (χ4n) is 4.06. The predicted molar refractivity (Wildman–Crippen MR) is 105 cm³/mol. The summed E-state index contributed by atoms with van der Waals surface area (Å²) < 4.78 is 11.1. The Morgan fingerprint density at radius 3 is 2.93 bits per heavy atom. The molecule has 3 aromatic rings. The molecule has 3 heterocycles. The van der Waals surface area contributed by atoms with E-state index >= 15 is 0 Å². The molecule has 1 aliphatic heterocycles. The van der Waals surface area contributed by atoms with E-state index in [1.54, 1.807) is 7.11 Å². The summed E-state index contributed by atoms with van der Waals surface area (Å²) in [5, 5.41) is 4.07. The van der Waals surface area contributed by atoms with Crippen molar-refractivity contribution in [2.45, 2.75) is 18.9 Å². The van der Waals surface area contributed by atoms with Crippen LogP contribution in [0.25, 0.3) is 16.5 Å². The van der Waals surface area contributed by atoms with Crippen LogP contribution in [0.4, 0.5) is 5.82 Å². The van der Waals surface area contributed by atoms with Crippen LogP contribution < -0.4 is 10.7 Å². The third-order valence-corrected chi connectivity index (χ3v) is 5.31. The van der Waals surface area contributed by atoms with Crippen molar-refractivity contribution < 1.29 is 9.15 Å². The molecule has 0 radical (unpaired) electrons. The number of ether oxygens (including phenoxy) is 1.